The van der Waals surface area contributed by atoms with Crippen LogP contribution in [0.1, 0.15) is 79.6 Å². The van der Waals surface area contributed by atoms with Crippen molar-refractivity contribution in [3.05, 3.63) is 23.3 Å². The van der Waals surface area contributed by atoms with Crippen molar-refractivity contribution in [3.63, 3.8) is 0 Å². The van der Waals surface area contributed by atoms with Crippen LogP contribution in [0.5, 0.6) is 0 Å². The lowest BCUT2D eigenvalue weighted by atomic mass is 9.46. The highest BCUT2D eigenvalue weighted by Gasteiger charge is 2.68. The molecule has 8 fully saturated rings. The van der Waals surface area contributed by atoms with Crippen LogP contribution < -0.4 is 0 Å². The van der Waals surface area contributed by atoms with Gasteiger partial charge in [-0.3, -0.25) is 0 Å². The number of aliphatic hydroxyl groups is 6. The maximum Gasteiger partial charge on any atom is 0.187 e. The fourth-order valence-electron chi connectivity index (χ4n) is 12.4. The van der Waals surface area contributed by atoms with E-state index in [-0.39, 0.29) is 29.3 Å². The van der Waals surface area contributed by atoms with Gasteiger partial charge in [-0.25, -0.2) is 0 Å². The number of hydrogen-bond acceptors (Lipinski definition) is 12. The Balaban J connectivity index is 0.987. The lowest BCUT2D eigenvalue weighted by molar-refractivity contribution is -0.369. The fourth-order valence-corrected chi connectivity index (χ4v) is 12.4. The molecule has 0 amide bonds. The van der Waals surface area contributed by atoms with E-state index in [1.54, 1.807) is 0 Å². The molecule has 0 aromatic heterocycles. The van der Waals surface area contributed by atoms with Gasteiger partial charge < -0.3 is 59.1 Å². The van der Waals surface area contributed by atoms with Crippen LogP contribution in [0.2, 0.25) is 0 Å². The third-order valence-corrected chi connectivity index (χ3v) is 15.0. The molecule has 5 aliphatic heterocycles. The van der Waals surface area contributed by atoms with Gasteiger partial charge in [-0.2, -0.15) is 0 Å². The first-order valence-corrected chi connectivity index (χ1v) is 19.5. The standard InChI is InChI=1S/C39H60O12/c1-17(2)12-23-18(3)28-26-14-25-22-7-6-20-13-21(8-10-38(20,5)24(22)9-11-39(25,28)16-46-35(23)49-26)48-37-34(32(44)30(42)27(15-40)50-37)51-36-33(45)31(43)29(41)19(4)47-36/h6,12,18-19,21-37,40-45H,7-11,13-16H2,1-5H3/t18-,19+,21+,22-,23-,24+,25+,26+,27-,28?,29+,30-,31-,32+,33-,34-,35?,36+,37-,38+,39-/m1/s1. The van der Waals surface area contributed by atoms with Crippen LogP contribution in [-0.2, 0) is 28.4 Å². The average molecular weight is 721 g/mol. The molecule has 0 aromatic rings. The minimum absolute atomic E-state index is 0.0348. The van der Waals surface area contributed by atoms with E-state index < -0.39 is 68.0 Å². The summed E-state index contributed by atoms with van der Waals surface area (Å²) in [5.41, 5.74) is 2.91. The first kappa shape index (κ1) is 36.9. The number of aliphatic hydroxyl groups excluding tert-OH is 6. The molecule has 5 saturated heterocycles. The summed E-state index contributed by atoms with van der Waals surface area (Å²) in [6.07, 6.45) is -1.79. The van der Waals surface area contributed by atoms with Crippen LogP contribution in [-0.4, -0.2) is 124 Å². The molecule has 51 heavy (non-hydrogen) atoms. The van der Waals surface area contributed by atoms with E-state index in [2.05, 4.69) is 39.8 Å². The highest BCUT2D eigenvalue weighted by Crippen LogP contribution is 2.70. The molecular formula is C39H60O12. The SMILES string of the molecule is CC(C)=C[C@H]1C2OC[C@]34CC[C@H]5[C@@H](CC=C6C[C@@H](O[C@@H]7O[C@H](CO)[C@@H](O)[C@H](O)[C@H]7O[C@@H]7O[C@@H](C)[C@H](O)[C@@H](O)[C@H]7O)CC[C@@]65C)[C@@H]3C[C@H](O2)C4[C@@H]1C. The van der Waals surface area contributed by atoms with Crippen molar-refractivity contribution in [2.45, 2.75) is 159 Å². The van der Waals surface area contributed by atoms with E-state index >= 15 is 0 Å². The van der Waals surface area contributed by atoms with Gasteiger partial charge in [-0.05, 0) is 101 Å². The largest absolute Gasteiger partial charge is 0.394 e. The van der Waals surface area contributed by atoms with Gasteiger partial charge in [0, 0.05) is 11.3 Å². The van der Waals surface area contributed by atoms with Gasteiger partial charge >= 0.3 is 0 Å². The Bertz CT molecular complexity index is 1350. The van der Waals surface area contributed by atoms with Gasteiger partial charge in [-0.1, -0.05) is 37.1 Å². The van der Waals surface area contributed by atoms with E-state index in [4.69, 9.17) is 28.4 Å². The maximum atomic E-state index is 11.1. The molecule has 3 saturated carbocycles. The summed E-state index contributed by atoms with van der Waals surface area (Å²) < 4.78 is 37.6. The lowest BCUT2D eigenvalue weighted by Crippen LogP contribution is -2.64. The van der Waals surface area contributed by atoms with Gasteiger partial charge in [0.15, 0.2) is 18.9 Å². The second-order valence-corrected chi connectivity index (χ2v) is 17.8. The second kappa shape index (κ2) is 13.6. The normalized spacial score (nSPS) is 56.3. The van der Waals surface area contributed by atoms with Crippen LogP contribution in [0.25, 0.3) is 0 Å². The zero-order chi connectivity index (χ0) is 36.1. The minimum Gasteiger partial charge on any atom is -0.394 e. The van der Waals surface area contributed by atoms with Gasteiger partial charge in [0.1, 0.15) is 42.7 Å². The Labute approximate surface area is 301 Å². The highest BCUT2D eigenvalue weighted by molar-refractivity contribution is 5.27. The summed E-state index contributed by atoms with van der Waals surface area (Å²) in [5, 5.41) is 62.9. The van der Waals surface area contributed by atoms with Crippen molar-refractivity contribution in [2.24, 2.45) is 46.3 Å². The second-order valence-electron chi connectivity index (χ2n) is 17.8. The zero-order valence-corrected chi connectivity index (χ0v) is 30.6. The molecule has 2 unspecified atom stereocenters. The van der Waals surface area contributed by atoms with Crippen LogP contribution in [0.15, 0.2) is 23.3 Å². The van der Waals surface area contributed by atoms with E-state index in [1.807, 2.05) is 0 Å². The number of rotatable bonds is 6. The molecular weight excluding hydrogens is 660 g/mol. The van der Waals surface area contributed by atoms with Crippen molar-refractivity contribution in [1.29, 1.82) is 0 Å². The smallest absolute Gasteiger partial charge is 0.187 e. The molecule has 12 nitrogen and oxygen atoms in total. The summed E-state index contributed by atoms with van der Waals surface area (Å²) in [6.45, 7) is 11.0. The summed E-state index contributed by atoms with van der Waals surface area (Å²) in [6, 6.07) is 0. The molecule has 21 atom stereocenters. The Morgan fingerprint density at radius 1 is 0.902 bits per heavy atom. The van der Waals surface area contributed by atoms with Crippen molar-refractivity contribution >= 4 is 0 Å². The quantitative estimate of drug-likeness (QED) is 0.221. The van der Waals surface area contributed by atoms with Crippen molar-refractivity contribution in [3.8, 4) is 0 Å². The summed E-state index contributed by atoms with van der Waals surface area (Å²) in [7, 11) is 0. The van der Waals surface area contributed by atoms with Gasteiger partial charge in [0.25, 0.3) is 0 Å². The molecule has 4 aliphatic carbocycles. The van der Waals surface area contributed by atoms with Crippen LogP contribution >= 0.6 is 0 Å². The van der Waals surface area contributed by atoms with E-state index in [0.29, 0.717) is 41.9 Å². The van der Waals surface area contributed by atoms with E-state index in [9.17, 15) is 30.6 Å². The van der Waals surface area contributed by atoms with Gasteiger partial charge in [-0.15, -0.1) is 0 Å². The molecule has 0 radical (unpaired) electrons. The summed E-state index contributed by atoms with van der Waals surface area (Å²) >= 11 is 0. The first-order valence-electron chi connectivity index (χ1n) is 19.5. The van der Waals surface area contributed by atoms with Crippen molar-refractivity contribution in [2.75, 3.05) is 13.2 Å². The van der Waals surface area contributed by atoms with E-state index in [1.165, 1.54) is 30.9 Å². The van der Waals surface area contributed by atoms with Crippen LogP contribution in [0, 0.1) is 46.3 Å². The predicted molar refractivity (Wildman–Crippen MR) is 181 cm³/mol. The molecule has 1 spiro atoms. The molecule has 12 heteroatoms. The van der Waals surface area contributed by atoms with Crippen molar-refractivity contribution < 1.29 is 59.1 Å². The maximum absolute atomic E-state index is 11.1. The zero-order valence-electron chi connectivity index (χ0n) is 30.6. The molecule has 6 N–H and O–H groups in total. The number of fused-ring (bicyclic) bond motifs is 6. The average Bonchev–Trinajstić information content (AvgIpc) is 3.29. The molecule has 9 rings (SSSR count). The highest BCUT2D eigenvalue weighted by atomic mass is 16.8. The molecule has 4 bridgehead atoms. The molecule has 5 heterocycles. The molecule has 0 aromatic carbocycles. The van der Waals surface area contributed by atoms with Gasteiger partial charge in [0.2, 0.25) is 0 Å². The number of ether oxygens (including phenoxy) is 6. The topological polar surface area (TPSA) is 177 Å². The Morgan fingerprint density at radius 2 is 1.69 bits per heavy atom. The monoisotopic (exact) mass is 720 g/mol. The third-order valence-electron chi connectivity index (χ3n) is 15.0. The Hall–Kier alpha value is -1.00. The van der Waals surface area contributed by atoms with Crippen LogP contribution in [0.4, 0.5) is 0 Å². The Morgan fingerprint density at radius 3 is 2.43 bits per heavy atom. The number of allylic oxidation sites excluding steroid dienone is 2. The molecule has 9 aliphatic rings. The van der Waals surface area contributed by atoms with E-state index in [0.717, 1.165) is 32.3 Å². The lowest BCUT2D eigenvalue weighted by Gasteiger charge is -2.59. The van der Waals surface area contributed by atoms with Crippen LogP contribution in [0.3, 0.4) is 0 Å². The number of hydrogen-bond donors (Lipinski definition) is 6. The summed E-state index contributed by atoms with van der Waals surface area (Å²) in [5.74, 6) is 3.05. The van der Waals surface area contributed by atoms with Crippen molar-refractivity contribution in [1.82, 2.24) is 0 Å². The Kier molecular flexibility index (Phi) is 9.88. The fraction of sp³-hybridized carbons (Fsp3) is 0.897. The van der Waals surface area contributed by atoms with Gasteiger partial charge in [0.05, 0.1) is 31.5 Å². The third kappa shape index (κ3) is 5.85. The predicted octanol–water partition coefficient (Wildman–Crippen LogP) is 2.17. The summed E-state index contributed by atoms with van der Waals surface area (Å²) in [4.78, 5) is 0. The molecule has 288 valence electrons. The minimum atomic E-state index is -1.61. The first-order chi connectivity index (χ1) is 24.3.